The molecule has 0 fully saturated rings. The van der Waals surface area contributed by atoms with Crippen LogP contribution >= 0.6 is 15.9 Å². The fourth-order valence-corrected chi connectivity index (χ4v) is 2.08. The molecule has 2 aromatic rings. The van der Waals surface area contributed by atoms with Gasteiger partial charge in [0, 0.05) is 24.9 Å². The molecule has 100 valence electrons. The zero-order valence-corrected chi connectivity index (χ0v) is 12.4. The molecule has 5 heteroatoms. The van der Waals surface area contributed by atoms with Gasteiger partial charge in [0.25, 0.3) is 0 Å². The van der Waals surface area contributed by atoms with Gasteiger partial charge in [0.1, 0.15) is 10.4 Å². The number of hydrogen-bond donors (Lipinski definition) is 0. The van der Waals surface area contributed by atoms with E-state index in [4.69, 9.17) is 4.74 Å². The van der Waals surface area contributed by atoms with E-state index in [1.807, 2.05) is 31.5 Å². The first kappa shape index (κ1) is 13.9. The van der Waals surface area contributed by atoms with Crippen molar-refractivity contribution in [3.8, 4) is 5.88 Å². The Morgan fingerprint density at radius 2 is 2.00 bits per heavy atom. The summed E-state index contributed by atoms with van der Waals surface area (Å²) in [5.74, 6) is 1.42. The Balaban J connectivity index is 1.81. The minimum Gasteiger partial charge on any atom is -0.478 e. The summed E-state index contributed by atoms with van der Waals surface area (Å²) in [4.78, 5) is 12.6. The van der Waals surface area contributed by atoms with Crippen LogP contribution in [0.2, 0.25) is 0 Å². The van der Waals surface area contributed by atoms with E-state index in [9.17, 15) is 0 Å². The van der Waals surface area contributed by atoms with Crippen LogP contribution in [0, 0.1) is 0 Å². The number of halogens is 1. The van der Waals surface area contributed by atoms with Crippen LogP contribution in [-0.2, 0) is 12.8 Å². The number of aromatic nitrogens is 3. The fraction of sp³-hybridized carbons (Fsp3) is 0.357. The molecule has 0 aliphatic carbocycles. The summed E-state index contributed by atoms with van der Waals surface area (Å²) in [6.45, 7) is 2.67. The molecule has 0 N–H and O–H groups in total. The van der Waals surface area contributed by atoms with E-state index in [-0.39, 0.29) is 0 Å². The minimum absolute atomic E-state index is 0.633. The van der Waals surface area contributed by atoms with Crippen LogP contribution in [0.4, 0.5) is 0 Å². The Bertz CT molecular complexity index is 519. The smallest absolute Gasteiger partial charge is 0.217 e. The second kappa shape index (κ2) is 7.19. The van der Waals surface area contributed by atoms with Crippen molar-refractivity contribution in [1.29, 1.82) is 0 Å². The second-order valence-corrected chi connectivity index (χ2v) is 4.92. The molecule has 0 radical (unpaired) electrons. The lowest BCUT2D eigenvalue weighted by atomic mass is 10.1. The van der Waals surface area contributed by atoms with Crippen molar-refractivity contribution in [1.82, 2.24) is 15.0 Å². The molecule has 2 heterocycles. The van der Waals surface area contributed by atoms with Crippen molar-refractivity contribution in [2.45, 2.75) is 26.2 Å². The van der Waals surface area contributed by atoms with E-state index in [0.29, 0.717) is 12.5 Å². The summed E-state index contributed by atoms with van der Waals surface area (Å²) in [7, 11) is 0. The maximum atomic E-state index is 5.65. The van der Waals surface area contributed by atoms with Crippen molar-refractivity contribution >= 4 is 15.9 Å². The molecule has 2 rings (SSSR count). The van der Waals surface area contributed by atoms with Crippen molar-refractivity contribution in [3.63, 3.8) is 0 Å². The van der Waals surface area contributed by atoms with E-state index in [0.717, 1.165) is 29.7 Å². The zero-order chi connectivity index (χ0) is 13.5. The molecule has 0 aromatic carbocycles. The summed E-state index contributed by atoms with van der Waals surface area (Å²) >= 11 is 3.36. The number of nitrogens with zero attached hydrogens (tertiary/aromatic N) is 3. The highest BCUT2D eigenvalue weighted by Crippen LogP contribution is 2.15. The summed E-state index contributed by atoms with van der Waals surface area (Å²) in [5.41, 5.74) is 1.27. The fourth-order valence-electron chi connectivity index (χ4n) is 1.68. The van der Waals surface area contributed by atoms with Crippen LogP contribution < -0.4 is 4.74 Å². The average Bonchev–Trinajstić information content (AvgIpc) is 2.44. The first-order valence-electron chi connectivity index (χ1n) is 6.33. The van der Waals surface area contributed by atoms with Gasteiger partial charge in [-0.25, -0.2) is 4.98 Å². The van der Waals surface area contributed by atoms with Gasteiger partial charge in [-0.05, 0) is 46.5 Å². The molecule has 19 heavy (non-hydrogen) atoms. The molecule has 0 aliphatic rings. The van der Waals surface area contributed by atoms with Crippen molar-refractivity contribution in [3.05, 3.63) is 46.6 Å². The van der Waals surface area contributed by atoms with Gasteiger partial charge in [0.2, 0.25) is 5.88 Å². The van der Waals surface area contributed by atoms with Crippen LogP contribution in [0.5, 0.6) is 5.88 Å². The van der Waals surface area contributed by atoms with Crippen molar-refractivity contribution < 1.29 is 4.74 Å². The molecule has 0 saturated carbocycles. The summed E-state index contributed by atoms with van der Waals surface area (Å²) in [6, 6.07) is 5.85. The Morgan fingerprint density at radius 1 is 1.21 bits per heavy atom. The lowest BCUT2D eigenvalue weighted by molar-refractivity contribution is 0.297. The molecule has 0 saturated heterocycles. The molecule has 0 unspecified atom stereocenters. The third kappa shape index (κ3) is 4.59. The third-order valence-corrected chi connectivity index (χ3v) is 3.05. The molecule has 4 nitrogen and oxygen atoms in total. The third-order valence-electron chi connectivity index (χ3n) is 2.64. The van der Waals surface area contributed by atoms with Crippen LogP contribution in [0.1, 0.15) is 24.7 Å². The molecule has 0 spiro atoms. The van der Waals surface area contributed by atoms with Crippen molar-refractivity contribution in [2.24, 2.45) is 0 Å². The largest absolute Gasteiger partial charge is 0.478 e. The molecule has 0 atom stereocenters. The highest BCUT2D eigenvalue weighted by molar-refractivity contribution is 9.10. The topological polar surface area (TPSA) is 47.9 Å². The van der Waals surface area contributed by atoms with Gasteiger partial charge in [-0.15, -0.1) is 0 Å². The SMILES string of the molecule is CCc1nc(Br)cc(OCCCc2ccncc2)n1. The molecule has 0 bridgehead atoms. The molecule has 0 aliphatic heterocycles. The van der Waals surface area contributed by atoms with E-state index in [1.54, 1.807) is 6.07 Å². The molecular formula is C14H16BrN3O. The van der Waals surface area contributed by atoms with E-state index in [1.165, 1.54) is 5.56 Å². The number of aryl methyl sites for hydroxylation is 2. The van der Waals surface area contributed by atoms with E-state index < -0.39 is 0 Å². The lowest BCUT2D eigenvalue weighted by Gasteiger charge is -2.07. The number of pyridine rings is 1. The van der Waals surface area contributed by atoms with Gasteiger partial charge in [0.05, 0.1) is 6.61 Å². The van der Waals surface area contributed by atoms with Gasteiger partial charge >= 0.3 is 0 Å². The van der Waals surface area contributed by atoms with E-state index in [2.05, 4.69) is 30.9 Å². The number of ether oxygens (including phenoxy) is 1. The number of hydrogen-bond acceptors (Lipinski definition) is 4. The maximum Gasteiger partial charge on any atom is 0.217 e. The monoisotopic (exact) mass is 321 g/mol. The zero-order valence-electron chi connectivity index (χ0n) is 10.8. The normalized spacial score (nSPS) is 10.4. The quantitative estimate of drug-likeness (QED) is 0.605. The highest BCUT2D eigenvalue weighted by Gasteiger charge is 2.02. The van der Waals surface area contributed by atoms with Crippen LogP contribution in [0.25, 0.3) is 0 Å². The van der Waals surface area contributed by atoms with Gasteiger partial charge in [-0.1, -0.05) is 6.92 Å². The Hall–Kier alpha value is -1.49. The lowest BCUT2D eigenvalue weighted by Crippen LogP contribution is -2.03. The van der Waals surface area contributed by atoms with E-state index >= 15 is 0 Å². The van der Waals surface area contributed by atoms with Crippen LogP contribution in [-0.4, -0.2) is 21.6 Å². The minimum atomic E-state index is 0.633. The van der Waals surface area contributed by atoms with Gasteiger partial charge in [-0.3, -0.25) is 4.98 Å². The predicted octanol–water partition coefficient (Wildman–Crippen LogP) is 3.21. The standard InChI is InChI=1S/C14H16BrN3O/c1-2-13-17-12(15)10-14(18-13)19-9-3-4-11-5-7-16-8-6-11/h5-8,10H,2-4,9H2,1H3. The first-order chi connectivity index (χ1) is 9.28. The first-order valence-corrected chi connectivity index (χ1v) is 7.12. The predicted molar refractivity (Wildman–Crippen MR) is 77.2 cm³/mol. The highest BCUT2D eigenvalue weighted by atomic mass is 79.9. The van der Waals surface area contributed by atoms with Gasteiger partial charge in [0.15, 0.2) is 0 Å². The second-order valence-electron chi connectivity index (χ2n) is 4.11. The summed E-state index contributed by atoms with van der Waals surface area (Å²) < 4.78 is 6.42. The average molecular weight is 322 g/mol. The Morgan fingerprint density at radius 3 is 2.74 bits per heavy atom. The maximum absolute atomic E-state index is 5.65. The Kier molecular flexibility index (Phi) is 5.27. The molecular weight excluding hydrogens is 306 g/mol. The van der Waals surface area contributed by atoms with Gasteiger partial charge in [-0.2, -0.15) is 4.98 Å². The number of rotatable bonds is 6. The molecule has 2 aromatic heterocycles. The van der Waals surface area contributed by atoms with Crippen LogP contribution in [0.15, 0.2) is 35.2 Å². The van der Waals surface area contributed by atoms with Crippen LogP contribution in [0.3, 0.4) is 0 Å². The molecule has 0 amide bonds. The van der Waals surface area contributed by atoms with Crippen molar-refractivity contribution in [2.75, 3.05) is 6.61 Å². The van der Waals surface area contributed by atoms with Gasteiger partial charge < -0.3 is 4.74 Å². The Labute approximate surface area is 121 Å². The summed E-state index contributed by atoms with van der Waals surface area (Å²) in [5, 5.41) is 0. The summed E-state index contributed by atoms with van der Waals surface area (Å²) in [6.07, 6.45) is 6.35.